The van der Waals surface area contributed by atoms with E-state index < -0.39 is 0 Å². The molecule has 0 aliphatic carbocycles. The number of hydrogen-bond donors (Lipinski definition) is 0. The van der Waals surface area contributed by atoms with Gasteiger partial charge in [-0.1, -0.05) is 189 Å². The Kier molecular flexibility index (Phi) is 9.99. The van der Waals surface area contributed by atoms with Crippen molar-refractivity contribution in [3.63, 3.8) is 0 Å². The Morgan fingerprint density at radius 3 is 1.48 bits per heavy atom. The summed E-state index contributed by atoms with van der Waals surface area (Å²) >= 11 is 0. The number of aryl methyl sites for hydroxylation is 1. The van der Waals surface area contributed by atoms with Gasteiger partial charge in [0.05, 0.1) is 27.9 Å². The van der Waals surface area contributed by atoms with E-state index in [0.717, 1.165) is 107 Å². The van der Waals surface area contributed by atoms with Gasteiger partial charge in [-0.3, -0.25) is 4.57 Å². The molecule has 0 unspecified atom stereocenters. The highest BCUT2D eigenvalue weighted by molar-refractivity contribution is 6.20. The smallest absolute Gasteiger partial charge is 0.182 e. The van der Waals surface area contributed by atoms with Crippen molar-refractivity contribution in [2.24, 2.45) is 0 Å². The topological polar surface area (TPSA) is 82.3 Å². The van der Waals surface area contributed by atoms with Gasteiger partial charge in [-0.2, -0.15) is 0 Å². The fraction of sp³-hybridized carbons (Fsp3) is 0.0333. The number of para-hydroxylation sites is 2. The molecule has 0 N–H and O–H groups in total. The van der Waals surface area contributed by atoms with E-state index in [1.807, 2.05) is 42.5 Å². The van der Waals surface area contributed by atoms with Crippen molar-refractivity contribution in [1.82, 2.24) is 34.5 Å². The number of pyridine rings is 2. The lowest BCUT2D eigenvalue weighted by Crippen LogP contribution is -2.01. The average molecular weight is 860 g/mol. The number of aromatic nitrogens is 7. The maximum Gasteiger partial charge on any atom is 0.182 e. The van der Waals surface area contributed by atoms with Crippen LogP contribution in [0.15, 0.2) is 218 Å². The predicted molar refractivity (Wildman–Crippen MR) is 272 cm³/mol. The summed E-state index contributed by atoms with van der Waals surface area (Å²) in [4.78, 5) is 31.0. The van der Waals surface area contributed by atoms with Crippen LogP contribution in [0.4, 0.5) is 0 Å². The highest BCUT2D eigenvalue weighted by Crippen LogP contribution is 2.39. The third kappa shape index (κ3) is 7.38. The summed E-state index contributed by atoms with van der Waals surface area (Å²) < 4.78 is 2.27. The maximum absolute atomic E-state index is 5.34. The standard InChI is InChI=1S/C60H41N7/c1-2-54-63-57-53(67(54)47-19-10-5-11-20-47)38-37-49-48-21-12-13-22-51(48)62-56(55(49)57)44-31-29-43(30-32-44)50-23-14-24-52(61-50)60-65-58(45-33-25-41(26-34-45)39-15-6-3-7-16-39)64-59(66-60)46-35-27-42(28-36-46)40-17-8-4-9-18-40/h3-38H,2H2,1H3. The number of nitrogens with zero attached hydrogens (tertiary/aromatic N) is 7. The first kappa shape index (κ1) is 39.6. The molecule has 7 heteroatoms. The van der Waals surface area contributed by atoms with Crippen LogP contribution < -0.4 is 0 Å². The van der Waals surface area contributed by atoms with Crippen LogP contribution in [0.2, 0.25) is 0 Å². The molecular weight excluding hydrogens is 819 g/mol. The lowest BCUT2D eigenvalue weighted by molar-refractivity contribution is 0.908. The van der Waals surface area contributed by atoms with Crippen molar-refractivity contribution in [3.8, 4) is 84.7 Å². The van der Waals surface area contributed by atoms with Crippen molar-refractivity contribution in [2.75, 3.05) is 0 Å². The van der Waals surface area contributed by atoms with Crippen molar-refractivity contribution in [1.29, 1.82) is 0 Å². The van der Waals surface area contributed by atoms with Crippen LogP contribution in [0.25, 0.3) is 117 Å². The molecule has 4 aromatic heterocycles. The van der Waals surface area contributed by atoms with E-state index in [2.05, 4.69) is 187 Å². The minimum absolute atomic E-state index is 0.495. The molecule has 12 aromatic rings. The molecule has 4 heterocycles. The fourth-order valence-corrected chi connectivity index (χ4v) is 9.09. The lowest BCUT2D eigenvalue weighted by Gasteiger charge is -2.13. The first-order chi connectivity index (χ1) is 33.1. The van der Waals surface area contributed by atoms with Gasteiger partial charge in [-0.15, -0.1) is 0 Å². The molecule has 316 valence electrons. The first-order valence-electron chi connectivity index (χ1n) is 22.6. The molecule has 0 saturated carbocycles. The van der Waals surface area contributed by atoms with E-state index >= 15 is 0 Å². The summed E-state index contributed by atoms with van der Waals surface area (Å²) in [6, 6.07) is 75.3. The van der Waals surface area contributed by atoms with Crippen LogP contribution in [0.5, 0.6) is 0 Å². The molecule has 7 nitrogen and oxygen atoms in total. The Bertz CT molecular complexity index is 3640. The summed E-state index contributed by atoms with van der Waals surface area (Å²) in [7, 11) is 0. The van der Waals surface area contributed by atoms with E-state index in [4.69, 9.17) is 29.9 Å². The molecule has 0 atom stereocenters. The third-order valence-electron chi connectivity index (χ3n) is 12.5. The second-order valence-electron chi connectivity index (χ2n) is 16.6. The second kappa shape index (κ2) is 16.9. The number of fused-ring (bicyclic) bond motifs is 5. The highest BCUT2D eigenvalue weighted by atomic mass is 15.1. The van der Waals surface area contributed by atoms with Gasteiger partial charge in [0.2, 0.25) is 0 Å². The number of rotatable bonds is 9. The average Bonchev–Trinajstić information content (AvgIpc) is 3.81. The summed E-state index contributed by atoms with van der Waals surface area (Å²) in [5, 5.41) is 3.27. The van der Waals surface area contributed by atoms with Gasteiger partial charge < -0.3 is 0 Å². The SMILES string of the molecule is CCc1nc2c3c(-c4ccc(-c5cccc(-c6nc(-c7ccc(-c8ccccc8)cc7)nc(-c7ccc(-c8ccccc8)cc7)n6)n5)cc4)nc4ccccc4c3ccc2n1-c1ccccc1. The van der Waals surface area contributed by atoms with E-state index in [1.165, 1.54) is 0 Å². The minimum Gasteiger partial charge on any atom is -0.296 e. The summed E-state index contributed by atoms with van der Waals surface area (Å²) in [5.41, 5.74) is 14.7. The quantitative estimate of drug-likeness (QED) is 0.134. The largest absolute Gasteiger partial charge is 0.296 e. The van der Waals surface area contributed by atoms with Gasteiger partial charge in [-0.25, -0.2) is 29.9 Å². The monoisotopic (exact) mass is 859 g/mol. The van der Waals surface area contributed by atoms with Gasteiger partial charge in [0.1, 0.15) is 11.5 Å². The van der Waals surface area contributed by atoms with Crippen LogP contribution in [0.1, 0.15) is 12.7 Å². The Labute approximate surface area is 387 Å². The second-order valence-corrected chi connectivity index (χ2v) is 16.6. The molecule has 0 aliphatic rings. The Balaban J connectivity index is 0.938. The van der Waals surface area contributed by atoms with Crippen LogP contribution in [-0.2, 0) is 6.42 Å². The van der Waals surface area contributed by atoms with E-state index in [9.17, 15) is 0 Å². The van der Waals surface area contributed by atoms with Gasteiger partial charge in [0.15, 0.2) is 17.5 Å². The zero-order chi connectivity index (χ0) is 44.7. The van der Waals surface area contributed by atoms with Gasteiger partial charge >= 0.3 is 0 Å². The van der Waals surface area contributed by atoms with Crippen LogP contribution in [0, 0.1) is 0 Å². The summed E-state index contributed by atoms with van der Waals surface area (Å²) in [6.45, 7) is 2.16. The molecule has 67 heavy (non-hydrogen) atoms. The number of hydrogen-bond acceptors (Lipinski definition) is 6. The first-order valence-corrected chi connectivity index (χ1v) is 22.6. The van der Waals surface area contributed by atoms with Crippen LogP contribution in [0.3, 0.4) is 0 Å². The van der Waals surface area contributed by atoms with Crippen LogP contribution in [-0.4, -0.2) is 34.5 Å². The van der Waals surface area contributed by atoms with E-state index in [0.29, 0.717) is 23.2 Å². The van der Waals surface area contributed by atoms with Gasteiger partial charge in [0.25, 0.3) is 0 Å². The Hall–Kier alpha value is -8.94. The Morgan fingerprint density at radius 1 is 0.343 bits per heavy atom. The number of imidazole rings is 1. The summed E-state index contributed by atoms with van der Waals surface area (Å²) in [6.07, 6.45) is 0.791. The van der Waals surface area contributed by atoms with Gasteiger partial charge in [0, 0.05) is 45.1 Å². The molecular formula is C60H41N7. The maximum atomic E-state index is 5.34. The van der Waals surface area contributed by atoms with Crippen molar-refractivity contribution in [3.05, 3.63) is 224 Å². The molecule has 8 aromatic carbocycles. The highest BCUT2D eigenvalue weighted by Gasteiger charge is 2.20. The van der Waals surface area contributed by atoms with Crippen molar-refractivity contribution >= 4 is 32.7 Å². The van der Waals surface area contributed by atoms with E-state index in [1.54, 1.807) is 0 Å². The zero-order valence-corrected chi connectivity index (χ0v) is 36.6. The molecule has 0 bridgehead atoms. The lowest BCUT2D eigenvalue weighted by atomic mass is 9.97. The summed E-state index contributed by atoms with van der Waals surface area (Å²) in [5.74, 6) is 2.66. The van der Waals surface area contributed by atoms with Crippen molar-refractivity contribution in [2.45, 2.75) is 13.3 Å². The molecule has 0 spiro atoms. The normalized spacial score (nSPS) is 11.4. The molecule has 0 saturated heterocycles. The van der Waals surface area contributed by atoms with Crippen LogP contribution >= 0.6 is 0 Å². The molecule has 0 aliphatic heterocycles. The fourth-order valence-electron chi connectivity index (χ4n) is 9.09. The third-order valence-corrected chi connectivity index (χ3v) is 12.5. The van der Waals surface area contributed by atoms with Gasteiger partial charge in [-0.05, 0) is 64.0 Å². The molecule has 0 radical (unpaired) electrons. The molecule has 12 rings (SSSR count). The molecule has 0 fully saturated rings. The predicted octanol–water partition coefficient (Wildman–Crippen LogP) is 14.5. The number of benzene rings is 8. The minimum atomic E-state index is 0.495. The molecule has 0 amide bonds. The Morgan fingerprint density at radius 2 is 0.851 bits per heavy atom. The van der Waals surface area contributed by atoms with E-state index in [-0.39, 0.29) is 0 Å². The van der Waals surface area contributed by atoms with Crippen molar-refractivity contribution < 1.29 is 0 Å². The zero-order valence-electron chi connectivity index (χ0n) is 36.6.